The van der Waals surface area contributed by atoms with Crippen molar-refractivity contribution in [3.05, 3.63) is 68.5 Å². The molecule has 3 rings (SSSR count). The molecule has 2 aromatic carbocycles. The number of aromatic nitrogens is 1. The Hall–Kier alpha value is -1.81. The van der Waals surface area contributed by atoms with E-state index in [1.807, 2.05) is 53.9 Å². The van der Waals surface area contributed by atoms with Gasteiger partial charge in [-0.15, -0.1) is 11.3 Å². The molecule has 0 bridgehead atoms. The molecule has 0 unspecified atom stereocenters. The fraction of sp³-hybridized carbons (Fsp3) is 0.0556. The van der Waals surface area contributed by atoms with Crippen LogP contribution in [0, 0.1) is 0 Å². The summed E-state index contributed by atoms with van der Waals surface area (Å²) in [7, 11) is 1.66. The lowest BCUT2D eigenvalue weighted by molar-refractivity contribution is 0.415. The van der Waals surface area contributed by atoms with Crippen molar-refractivity contribution in [2.75, 3.05) is 7.11 Å². The number of hydrogen-bond acceptors (Lipinski definition) is 3. The quantitative estimate of drug-likeness (QED) is 0.544. The van der Waals surface area contributed by atoms with Gasteiger partial charge in [-0.05, 0) is 48.0 Å². The van der Waals surface area contributed by atoms with Crippen LogP contribution in [0.15, 0.2) is 47.8 Å². The maximum atomic E-state index is 6.16. The van der Waals surface area contributed by atoms with Crippen molar-refractivity contribution in [3.63, 3.8) is 0 Å². The van der Waals surface area contributed by atoms with Crippen molar-refractivity contribution in [1.82, 2.24) is 4.98 Å². The molecule has 0 atom stereocenters. The molecule has 2 nitrogen and oxygen atoms in total. The summed E-state index contributed by atoms with van der Waals surface area (Å²) >= 11 is 13.6. The zero-order valence-corrected chi connectivity index (χ0v) is 14.6. The van der Waals surface area contributed by atoms with Crippen molar-refractivity contribution in [1.29, 1.82) is 0 Å². The number of rotatable bonds is 4. The summed E-state index contributed by atoms with van der Waals surface area (Å²) in [5.41, 5.74) is 2.92. The van der Waals surface area contributed by atoms with Gasteiger partial charge in [0, 0.05) is 21.0 Å². The molecule has 3 aromatic rings. The molecule has 0 saturated carbocycles. The third-order valence-electron chi connectivity index (χ3n) is 3.28. The standard InChI is InChI=1S/C18H13Cl2NOS/c1-22-15-7-3-13(4-8-15)17-11-23-18(21-17)9-5-12-2-6-14(19)10-16(12)20/h2-11H,1H3. The first-order valence-corrected chi connectivity index (χ1v) is 8.52. The Balaban J connectivity index is 1.79. The minimum Gasteiger partial charge on any atom is -0.497 e. The molecule has 0 N–H and O–H groups in total. The molecule has 23 heavy (non-hydrogen) atoms. The Labute approximate surface area is 149 Å². The summed E-state index contributed by atoms with van der Waals surface area (Å²) in [6.07, 6.45) is 3.89. The van der Waals surface area contributed by atoms with E-state index in [9.17, 15) is 0 Å². The van der Waals surface area contributed by atoms with Gasteiger partial charge in [-0.25, -0.2) is 4.98 Å². The smallest absolute Gasteiger partial charge is 0.118 e. The van der Waals surface area contributed by atoms with Crippen LogP contribution in [-0.2, 0) is 0 Å². The first-order valence-electron chi connectivity index (χ1n) is 6.89. The molecule has 0 radical (unpaired) electrons. The van der Waals surface area contributed by atoms with E-state index in [4.69, 9.17) is 27.9 Å². The van der Waals surface area contributed by atoms with Gasteiger partial charge >= 0.3 is 0 Å². The van der Waals surface area contributed by atoms with Gasteiger partial charge in [0.2, 0.25) is 0 Å². The normalized spacial score (nSPS) is 11.1. The fourth-order valence-corrected chi connectivity index (χ4v) is 3.25. The van der Waals surface area contributed by atoms with E-state index in [1.165, 1.54) is 0 Å². The van der Waals surface area contributed by atoms with E-state index in [1.54, 1.807) is 24.5 Å². The van der Waals surface area contributed by atoms with E-state index in [2.05, 4.69) is 4.98 Å². The number of methoxy groups -OCH3 is 1. The number of hydrogen-bond donors (Lipinski definition) is 0. The van der Waals surface area contributed by atoms with Gasteiger partial charge in [-0.1, -0.05) is 35.3 Å². The van der Waals surface area contributed by atoms with Crippen molar-refractivity contribution >= 4 is 46.7 Å². The Bertz CT molecular complexity index is 840. The summed E-state index contributed by atoms with van der Waals surface area (Å²) in [5, 5.41) is 4.20. The average molecular weight is 362 g/mol. The first-order chi connectivity index (χ1) is 11.2. The van der Waals surface area contributed by atoms with Gasteiger partial charge in [0.15, 0.2) is 0 Å². The van der Waals surface area contributed by atoms with Crippen molar-refractivity contribution in [2.24, 2.45) is 0 Å². The SMILES string of the molecule is COc1ccc(-c2csc(C=Cc3ccc(Cl)cc3Cl)n2)cc1. The second-order valence-electron chi connectivity index (χ2n) is 4.80. The van der Waals surface area contributed by atoms with Crippen LogP contribution in [0.3, 0.4) is 0 Å². The highest BCUT2D eigenvalue weighted by Gasteiger charge is 2.04. The van der Waals surface area contributed by atoms with Gasteiger partial charge in [-0.3, -0.25) is 0 Å². The van der Waals surface area contributed by atoms with E-state index < -0.39 is 0 Å². The molecule has 1 aromatic heterocycles. The number of halogens is 2. The predicted octanol–water partition coefficient (Wildman–Crippen LogP) is 6.30. The summed E-state index contributed by atoms with van der Waals surface area (Å²) in [6, 6.07) is 13.3. The zero-order valence-electron chi connectivity index (χ0n) is 12.3. The Morgan fingerprint density at radius 2 is 1.83 bits per heavy atom. The molecule has 0 fully saturated rings. The second kappa shape index (κ2) is 7.18. The molecule has 0 saturated heterocycles. The Morgan fingerprint density at radius 1 is 1.04 bits per heavy atom. The van der Waals surface area contributed by atoms with Crippen LogP contribution in [0.1, 0.15) is 10.6 Å². The fourth-order valence-electron chi connectivity index (χ4n) is 2.06. The van der Waals surface area contributed by atoms with Crippen LogP contribution in [0.25, 0.3) is 23.4 Å². The molecule has 0 aliphatic carbocycles. The van der Waals surface area contributed by atoms with Crippen LogP contribution < -0.4 is 4.74 Å². The first kappa shape index (κ1) is 16.1. The minimum absolute atomic E-state index is 0.626. The molecular formula is C18H13Cl2NOS. The van der Waals surface area contributed by atoms with E-state index in [0.29, 0.717) is 10.0 Å². The Kier molecular flexibility index (Phi) is 5.01. The summed E-state index contributed by atoms with van der Waals surface area (Å²) in [6.45, 7) is 0. The molecule has 0 spiro atoms. The lowest BCUT2D eigenvalue weighted by Crippen LogP contribution is -1.83. The highest BCUT2D eigenvalue weighted by atomic mass is 35.5. The largest absolute Gasteiger partial charge is 0.497 e. The monoisotopic (exact) mass is 361 g/mol. The van der Waals surface area contributed by atoms with E-state index in [0.717, 1.165) is 27.6 Å². The molecule has 0 aliphatic rings. The Morgan fingerprint density at radius 3 is 2.52 bits per heavy atom. The van der Waals surface area contributed by atoms with Crippen molar-refractivity contribution < 1.29 is 4.74 Å². The highest BCUT2D eigenvalue weighted by molar-refractivity contribution is 7.10. The number of thiazole rings is 1. The van der Waals surface area contributed by atoms with Crippen LogP contribution in [0.2, 0.25) is 10.0 Å². The second-order valence-corrected chi connectivity index (χ2v) is 6.53. The van der Waals surface area contributed by atoms with Crippen LogP contribution in [-0.4, -0.2) is 12.1 Å². The molecule has 116 valence electrons. The van der Waals surface area contributed by atoms with Crippen molar-refractivity contribution in [3.8, 4) is 17.0 Å². The van der Waals surface area contributed by atoms with Crippen LogP contribution >= 0.6 is 34.5 Å². The summed E-state index contributed by atoms with van der Waals surface area (Å²) in [5.74, 6) is 0.835. The van der Waals surface area contributed by atoms with Gasteiger partial charge in [0.1, 0.15) is 10.8 Å². The summed E-state index contributed by atoms with van der Waals surface area (Å²) < 4.78 is 5.17. The van der Waals surface area contributed by atoms with E-state index in [-0.39, 0.29) is 0 Å². The molecule has 0 aliphatic heterocycles. The minimum atomic E-state index is 0.626. The van der Waals surface area contributed by atoms with E-state index >= 15 is 0 Å². The summed E-state index contributed by atoms with van der Waals surface area (Å²) in [4.78, 5) is 4.62. The van der Waals surface area contributed by atoms with Crippen molar-refractivity contribution in [2.45, 2.75) is 0 Å². The number of ether oxygens (including phenoxy) is 1. The zero-order chi connectivity index (χ0) is 16.2. The molecule has 5 heteroatoms. The third kappa shape index (κ3) is 3.94. The lowest BCUT2D eigenvalue weighted by Gasteiger charge is -2.00. The number of benzene rings is 2. The van der Waals surface area contributed by atoms with Gasteiger partial charge in [0.25, 0.3) is 0 Å². The average Bonchev–Trinajstić information content (AvgIpc) is 3.03. The molecule has 1 heterocycles. The van der Waals surface area contributed by atoms with Gasteiger partial charge in [-0.2, -0.15) is 0 Å². The maximum Gasteiger partial charge on any atom is 0.118 e. The molecule has 0 amide bonds. The topological polar surface area (TPSA) is 22.1 Å². The predicted molar refractivity (Wildman–Crippen MR) is 99.5 cm³/mol. The number of nitrogens with zero attached hydrogens (tertiary/aromatic N) is 1. The van der Waals surface area contributed by atoms with Gasteiger partial charge < -0.3 is 4.74 Å². The van der Waals surface area contributed by atoms with Gasteiger partial charge in [0.05, 0.1) is 12.8 Å². The van der Waals surface area contributed by atoms with Crippen LogP contribution in [0.4, 0.5) is 0 Å². The lowest BCUT2D eigenvalue weighted by atomic mass is 10.2. The van der Waals surface area contributed by atoms with Crippen LogP contribution in [0.5, 0.6) is 5.75 Å². The molecular weight excluding hydrogens is 349 g/mol. The highest BCUT2D eigenvalue weighted by Crippen LogP contribution is 2.26. The third-order valence-corrected chi connectivity index (χ3v) is 4.65. The maximum absolute atomic E-state index is 6.16.